The fourth-order valence-electron chi connectivity index (χ4n) is 9.69. The van der Waals surface area contributed by atoms with Gasteiger partial charge in [0.2, 0.25) is 5.91 Å². The molecule has 0 unspecified atom stereocenters. The molecule has 4 fully saturated rings. The Balaban J connectivity index is 1.18. The van der Waals surface area contributed by atoms with Gasteiger partial charge >= 0.3 is 6.03 Å². The standard InChI is InChI=1S/C30H49N3O3/c1-19(5-10-27(35)33-16-13-21(18-33)32-28(36)31-4)24-8-9-25-23-7-6-20-17-22(34)11-14-29(20,2)26(23)12-15-30(24,25)3/h6,19,21-26,34H,5,7-18H2,1-4H3,(H2,31,32,36)/t19-,21+,22+,23+,24-,25+,26+,29+,30-/m1/s1. The molecule has 9 atom stereocenters. The minimum Gasteiger partial charge on any atom is -0.393 e. The van der Waals surface area contributed by atoms with Gasteiger partial charge in [-0.05, 0) is 105 Å². The first-order chi connectivity index (χ1) is 17.2. The lowest BCUT2D eigenvalue weighted by molar-refractivity contribution is -0.130. The number of aliphatic hydroxyl groups excluding tert-OH is 1. The lowest BCUT2D eigenvalue weighted by atomic mass is 9.47. The fraction of sp³-hybridized carbons (Fsp3) is 0.867. The van der Waals surface area contributed by atoms with E-state index in [1.54, 1.807) is 12.6 Å². The average Bonchev–Trinajstić information content (AvgIpc) is 3.46. The molecule has 0 aromatic heterocycles. The zero-order valence-electron chi connectivity index (χ0n) is 23.0. The minimum atomic E-state index is -0.165. The molecule has 6 nitrogen and oxygen atoms in total. The highest BCUT2D eigenvalue weighted by Gasteiger charge is 2.59. The number of aliphatic hydroxyl groups is 1. The number of fused-ring (bicyclic) bond motifs is 5. The van der Waals surface area contributed by atoms with Gasteiger partial charge in [-0.15, -0.1) is 0 Å². The number of carbonyl (C=O) groups excluding carboxylic acids is 2. The molecular weight excluding hydrogens is 450 g/mol. The van der Waals surface area contributed by atoms with Crippen molar-refractivity contribution in [3.63, 3.8) is 0 Å². The SMILES string of the molecule is CNC(=O)N[C@H]1CCN(C(=O)CC[C@@H](C)[C@H]2CC[C@H]3[C@@H]4CC=C5C[C@@H](O)CC[C@]5(C)[C@H]4CC[C@]23C)C1. The van der Waals surface area contributed by atoms with E-state index < -0.39 is 0 Å². The van der Waals surface area contributed by atoms with E-state index in [1.807, 2.05) is 4.90 Å². The lowest BCUT2D eigenvalue weighted by Crippen LogP contribution is -2.50. The fourth-order valence-corrected chi connectivity index (χ4v) is 9.69. The third-order valence-electron chi connectivity index (χ3n) is 11.8. The molecule has 5 aliphatic rings. The molecule has 3 amide bonds. The third kappa shape index (κ3) is 4.50. The number of carbonyl (C=O) groups is 2. The predicted molar refractivity (Wildman–Crippen MR) is 142 cm³/mol. The van der Waals surface area contributed by atoms with Crippen molar-refractivity contribution in [1.82, 2.24) is 15.5 Å². The van der Waals surface area contributed by atoms with Crippen molar-refractivity contribution in [2.75, 3.05) is 20.1 Å². The summed E-state index contributed by atoms with van der Waals surface area (Å²) in [6, 6.07) is -0.100. The summed E-state index contributed by atoms with van der Waals surface area (Å²) in [6.07, 6.45) is 14.4. The number of hydrogen-bond acceptors (Lipinski definition) is 3. The Morgan fingerprint density at radius 2 is 1.94 bits per heavy atom. The van der Waals surface area contributed by atoms with Gasteiger partial charge < -0.3 is 20.6 Å². The lowest BCUT2D eigenvalue weighted by Gasteiger charge is -2.58. The van der Waals surface area contributed by atoms with E-state index in [2.05, 4.69) is 37.5 Å². The van der Waals surface area contributed by atoms with E-state index in [0.717, 1.165) is 56.4 Å². The molecule has 3 saturated carbocycles. The highest BCUT2D eigenvalue weighted by Crippen LogP contribution is 2.67. The summed E-state index contributed by atoms with van der Waals surface area (Å²) >= 11 is 0. The third-order valence-corrected chi connectivity index (χ3v) is 11.8. The number of hydrogen-bond donors (Lipinski definition) is 3. The molecular formula is C30H49N3O3. The Bertz CT molecular complexity index is 889. The van der Waals surface area contributed by atoms with Crippen molar-refractivity contribution in [3.05, 3.63) is 11.6 Å². The molecule has 1 heterocycles. The van der Waals surface area contributed by atoms with Gasteiger partial charge in [0.1, 0.15) is 0 Å². The van der Waals surface area contributed by atoms with Crippen LogP contribution in [-0.4, -0.2) is 54.2 Å². The second kappa shape index (κ2) is 9.96. The zero-order valence-corrected chi connectivity index (χ0v) is 23.0. The van der Waals surface area contributed by atoms with Gasteiger partial charge in [-0.1, -0.05) is 32.4 Å². The van der Waals surface area contributed by atoms with Crippen molar-refractivity contribution < 1.29 is 14.7 Å². The molecule has 1 aliphatic heterocycles. The summed E-state index contributed by atoms with van der Waals surface area (Å²) in [7, 11) is 1.62. The molecule has 1 saturated heterocycles. The van der Waals surface area contributed by atoms with Crippen LogP contribution in [0.25, 0.3) is 0 Å². The van der Waals surface area contributed by atoms with Gasteiger partial charge in [0.05, 0.1) is 6.10 Å². The molecule has 36 heavy (non-hydrogen) atoms. The van der Waals surface area contributed by atoms with E-state index in [9.17, 15) is 14.7 Å². The van der Waals surface area contributed by atoms with E-state index in [0.29, 0.717) is 35.6 Å². The van der Waals surface area contributed by atoms with Gasteiger partial charge in [-0.2, -0.15) is 0 Å². The number of amides is 3. The summed E-state index contributed by atoms with van der Waals surface area (Å²) in [4.78, 5) is 26.5. The van der Waals surface area contributed by atoms with Crippen LogP contribution in [0.15, 0.2) is 11.6 Å². The van der Waals surface area contributed by atoms with Gasteiger partial charge in [0, 0.05) is 32.6 Å². The van der Waals surface area contributed by atoms with E-state index in [1.165, 1.54) is 32.1 Å². The van der Waals surface area contributed by atoms with E-state index in [-0.39, 0.29) is 24.1 Å². The van der Waals surface area contributed by atoms with Gasteiger partial charge in [-0.25, -0.2) is 4.79 Å². The maximum Gasteiger partial charge on any atom is 0.314 e. The van der Waals surface area contributed by atoms with Crippen LogP contribution >= 0.6 is 0 Å². The Kier molecular flexibility index (Phi) is 7.21. The van der Waals surface area contributed by atoms with Crippen LogP contribution in [0.3, 0.4) is 0 Å². The second-order valence-corrected chi connectivity index (χ2v) is 13.4. The molecule has 6 heteroatoms. The van der Waals surface area contributed by atoms with Crippen molar-refractivity contribution in [1.29, 1.82) is 0 Å². The molecule has 5 rings (SSSR count). The first-order valence-electron chi connectivity index (χ1n) is 14.8. The summed E-state index contributed by atoms with van der Waals surface area (Å²) in [6.45, 7) is 8.89. The summed E-state index contributed by atoms with van der Waals surface area (Å²) in [5.74, 6) is 3.91. The van der Waals surface area contributed by atoms with Crippen molar-refractivity contribution in [3.8, 4) is 0 Å². The monoisotopic (exact) mass is 499 g/mol. The van der Waals surface area contributed by atoms with Crippen LogP contribution in [0.1, 0.15) is 91.4 Å². The Labute approximate surface area is 218 Å². The number of rotatable bonds is 5. The Morgan fingerprint density at radius 3 is 2.72 bits per heavy atom. The van der Waals surface area contributed by atoms with Crippen LogP contribution in [0.4, 0.5) is 4.79 Å². The predicted octanol–water partition coefficient (Wildman–Crippen LogP) is 4.87. The molecule has 0 radical (unpaired) electrons. The van der Waals surface area contributed by atoms with Crippen LogP contribution < -0.4 is 10.6 Å². The highest BCUT2D eigenvalue weighted by atomic mass is 16.3. The maximum absolute atomic E-state index is 13.0. The largest absolute Gasteiger partial charge is 0.393 e. The zero-order chi connectivity index (χ0) is 25.7. The van der Waals surface area contributed by atoms with E-state index in [4.69, 9.17) is 0 Å². The molecule has 0 bridgehead atoms. The number of likely N-dealkylation sites (tertiary alicyclic amines) is 1. The smallest absolute Gasteiger partial charge is 0.314 e. The molecule has 4 aliphatic carbocycles. The Morgan fingerprint density at radius 1 is 1.14 bits per heavy atom. The number of allylic oxidation sites excluding steroid dienone is 1. The molecule has 3 N–H and O–H groups in total. The minimum absolute atomic E-state index is 0.0651. The van der Waals surface area contributed by atoms with Crippen LogP contribution in [0, 0.1) is 40.4 Å². The summed E-state index contributed by atoms with van der Waals surface area (Å²) in [5, 5.41) is 15.8. The molecule has 202 valence electrons. The number of urea groups is 1. The highest BCUT2D eigenvalue weighted by molar-refractivity contribution is 5.77. The first-order valence-corrected chi connectivity index (χ1v) is 14.8. The average molecular weight is 500 g/mol. The van der Waals surface area contributed by atoms with Gasteiger partial charge in [0.15, 0.2) is 0 Å². The van der Waals surface area contributed by atoms with E-state index >= 15 is 0 Å². The first kappa shape index (κ1) is 26.1. The quantitative estimate of drug-likeness (QED) is 0.472. The van der Waals surface area contributed by atoms with Crippen molar-refractivity contribution >= 4 is 11.9 Å². The number of nitrogens with one attached hydrogen (secondary N) is 2. The van der Waals surface area contributed by atoms with Crippen molar-refractivity contribution in [2.24, 2.45) is 40.4 Å². The molecule has 0 aromatic rings. The summed E-state index contributed by atoms with van der Waals surface area (Å²) < 4.78 is 0. The Hall–Kier alpha value is -1.56. The normalized spacial score (nSPS) is 42.6. The van der Waals surface area contributed by atoms with Crippen LogP contribution in [0.5, 0.6) is 0 Å². The summed E-state index contributed by atoms with van der Waals surface area (Å²) in [5.41, 5.74) is 2.26. The van der Waals surface area contributed by atoms with Crippen molar-refractivity contribution in [2.45, 2.75) is 104 Å². The van der Waals surface area contributed by atoms with Gasteiger partial charge in [0.25, 0.3) is 0 Å². The second-order valence-electron chi connectivity index (χ2n) is 13.4. The molecule has 0 aromatic carbocycles. The number of nitrogens with zero attached hydrogens (tertiary/aromatic N) is 1. The maximum atomic E-state index is 13.0. The topological polar surface area (TPSA) is 81.7 Å². The molecule has 0 spiro atoms. The van der Waals surface area contributed by atoms with Crippen LogP contribution in [-0.2, 0) is 4.79 Å². The van der Waals surface area contributed by atoms with Crippen LogP contribution in [0.2, 0.25) is 0 Å². The van der Waals surface area contributed by atoms with Gasteiger partial charge in [-0.3, -0.25) is 4.79 Å².